The Hall–Kier alpha value is -2.58. The molecule has 1 atom stereocenters. The van der Waals surface area contributed by atoms with Gasteiger partial charge in [0.2, 0.25) is 0 Å². The zero-order valence-electron chi connectivity index (χ0n) is 11.8. The lowest BCUT2D eigenvalue weighted by molar-refractivity contribution is 0.368. The van der Waals surface area contributed by atoms with E-state index in [1.54, 1.807) is 31.2 Å². The van der Waals surface area contributed by atoms with Gasteiger partial charge in [-0.3, -0.25) is 0 Å². The number of methoxy groups -OCH3 is 1. The largest absolute Gasteiger partial charge is 0.493 e. The van der Waals surface area contributed by atoms with Crippen molar-refractivity contribution in [2.24, 2.45) is 5.73 Å². The second-order valence-electron chi connectivity index (χ2n) is 4.53. The van der Waals surface area contributed by atoms with E-state index in [4.69, 9.17) is 20.5 Å². The van der Waals surface area contributed by atoms with Crippen LogP contribution in [0.25, 0.3) is 0 Å². The predicted octanol–water partition coefficient (Wildman–Crippen LogP) is 3.52. The van der Waals surface area contributed by atoms with Crippen molar-refractivity contribution >= 4 is 0 Å². The highest BCUT2D eigenvalue weighted by Crippen LogP contribution is 2.36. The molecule has 2 N–H and O–H groups in total. The minimum atomic E-state index is -0.504. The van der Waals surface area contributed by atoms with Gasteiger partial charge in [-0.05, 0) is 25.1 Å². The molecule has 0 heterocycles. The highest BCUT2D eigenvalue weighted by atomic mass is 19.1. The lowest BCUT2D eigenvalue weighted by Crippen LogP contribution is -2.08. The van der Waals surface area contributed by atoms with Crippen LogP contribution in [0.1, 0.15) is 24.1 Å². The predicted molar refractivity (Wildman–Crippen MR) is 76.8 cm³/mol. The Balaban J connectivity index is 2.46. The molecule has 2 rings (SSSR count). The van der Waals surface area contributed by atoms with E-state index >= 15 is 0 Å². The number of nitrogens with zero attached hydrogens (tertiary/aromatic N) is 1. The Morgan fingerprint density at radius 1 is 1.24 bits per heavy atom. The molecule has 0 amide bonds. The third-order valence-electron chi connectivity index (χ3n) is 2.99. The van der Waals surface area contributed by atoms with Crippen molar-refractivity contribution in [2.75, 3.05) is 7.11 Å². The maximum Gasteiger partial charge on any atom is 0.169 e. The lowest BCUT2D eigenvalue weighted by Gasteiger charge is -2.16. The van der Waals surface area contributed by atoms with Gasteiger partial charge in [-0.15, -0.1) is 0 Å². The van der Waals surface area contributed by atoms with Gasteiger partial charge in [0.15, 0.2) is 23.1 Å². The normalized spacial score (nSPS) is 11.6. The molecule has 0 fully saturated rings. The van der Waals surface area contributed by atoms with Crippen molar-refractivity contribution in [3.8, 4) is 23.3 Å². The van der Waals surface area contributed by atoms with Gasteiger partial charge in [-0.2, -0.15) is 5.26 Å². The Morgan fingerprint density at radius 3 is 2.62 bits per heavy atom. The summed E-state index contributed by atoms with van der Waals surface area (Å²) in [7, 11) is 1.46. The summed E-state index contributed by atoms with van der Waals surface area (Å²) in [6.07, 6.45) is 0. The van der Waals surface area contributed by atoms with Crippen molar-refractivity contribution in [2.45, 2.75) is 13.0 Å². The fourth-order valence-electron chi connectivity index (χ4n) is 1.92. The van der Waals surface area contributed by atoms with E-state index in [0.717, 1.165) is 0 Å². The summed E-state index contributed by atoms with van der Waals surface area (Å²) in [6, 6.07) is 10.9. The molecule has 5 heteroatoms. The number of para-hydroxylation sites is 1. The van der Waals surface area contributed by atoms with Crippen LogP contribution in [0, 0.1) is 17.1 Å². The van der Waals surface area contributed by atoms with Crippen molar-refractivity contribution in [3.05, 3.63) is 53.3 Å². The molecule has 0 saturated heterocycles. The molecule has 0 spiro atoms. The first-order valence-corrected chi connectivity index (χ1v) is 6.36. The van der Waals surface area contributed by atoms with E-state index in [-0.39, 0.29) is 11.8 Å². The van der Waals surface area contributed by atoms with Crippen LogP contribution in [0.2, 0.25) is 0 Å². The third kappa shape index (κ3) is 3.12. The summed E-state index contributed by atoms with van der Waals surface area (Å²) >= 11 is 0. The summed E-state index contributed by atoms with van der Waals surface area (Å²) in [5.74, 6) is 0.239. The van der Waals surface area contributed by atoms with E-state index in [9.17, 15) is 4.39 Å². The smallest absolute Gasteiger partial charge is 0.169 e. The Bertz CT molecular complexity index is 693. The maximum atomic E-state index is 14.0. The number of benzene rings is 2. The average Bonchev–Trinajstić information content (AvgIpc) is 2.49. The molecule has 2 aromatic carbocycles. The first-order valence-electron chi connectivity index (χ1n) is 6.36. The zero-order valence-corrected chi connectivity index (χ0v) is 11.8. The third-order valence-corrected chi connectivity index (χ3v) is 2.99. The molecule has 21 heavy (non-hydrogen) atoms. The van der Waals surface area contributed by atoms with E-state index in [0.29, 0.717) is 22.6 Å². The van der Waals surface area contributed by atoms with Crippen LogP contribution in [-0.2, 0) is 0 Å². The zero-order chi connectivity index (χ0) is 15.4. The van der Waals surface area contributed by atoms with Crippen LogP contribution in [-0.4, -0.2) is 7.11 Å². The fraction of sp³-hybridized carbons (Fsp3) is 0.188. The molecule has 0 aliphatic rings. The Morgan fingerprint density at radius 2 is 2.00 bits per heavy atom. The summed E-state index contributed by atoms with van der Waals surface area (Å²) in [4.78, 5) is 0. The SMILES string of the molecule is COc1cc(C#N)ccc1Oc1c(F)cccc1[C@H](C)N. The molecule has 0 bridgehead atoms. The van der Waals surface area contributed by atoms with Crippen molar-refractivity contribution in [1.29, 1.82) is 5.26 Å². The number of hydrogen-bond acceptors (Lipinski definition) is 4. The van der Waals surface area contributed by atoms with Gasteiger partial charge in [0.05, 0.1) is 18.7 Å². The Kier molecular flexibility index (Phi) is 4.41. The van der Waals surface area contributed by atoms with E-state index in [1.807, 2.05) is 6.07 Å². The van der Waals surface area contributed by atoms with E-state index < -0.39 is 5.82 Å². The molecular weight excluding hydrogens is 271 g/mol. The molecule has 0 unspecified atom stereocenters. The van der Waals surface area contributed by atoms with Crippen LogP contribution >= 0.6 is 0 Å². The van der Waals surface area contributed by atoms with Crippen molar-refractivity contribution < 1.29 is 13.9 Å². The van der Waals surface area contributed by atoms with Gasteiger partial charge in [-0.1, -0.05) is 12.1 Å². The molecule has 2 aromatic rings. The van der Waals surface area contributed by atoms with Crippen molar-refractivity contribution in [1.82, 2.24) is 0 Å². The summed E-state index contributed by atoms with van der Waals surface area (Å²) in [5, 5.41) is 8.88. The first-order chi connectivity index (χ1) is 10.1. The van der Waals surface area contributed by atoms with Crippen LogP contribution in [0.4, 0.5) is 4.39 Å². The van der Waals surface area contributed by atoms with Crippen LogP contribution in [0.5, 0.6) is 17.2 Å². The highest BCUT2D eigenvalue weighted by molar-refractivity contribution is 5.50. The minimum Gasteiger partial charge on any atom is -0.493 e. The molecule has 108 valence electrons. The monoisotopic (exact) mass is 286 g/mol. The molecule has 4 nitrogen and oxygen atoms in total. The molecule has 0 radical (unpaired) electrons. The number of ether oxygens (including phenoxy) is 2. The van der Waals surface area contributed by atoms with Gasteiger partial charge < -0.3 is 15.2 Å². The second kappa shape index (κ2) is 6.25. The minimum absolute atomic E-state index is 0.0653. The van der Waals surface area contributed by atoms with E-state index in [1.165, 1.54) is 19.2 Å². The van der Waals surface area contributed by atoms with Gasteiger partial charge in [-0.25, -0.2) is 4.39 Å². The fourth-order valence-corrected chi connectivity index (χ4v) is 1.92. The molecule has 0 aromatic heterocycles. The Labute approximate surface area is 122 Å². The van der Waals surface area contributed by atoms with Gasteiger partial charge in [0.1, 0.15) is 0 Å². The quantitative estimate of drug-likeness (QED) is 0.933. The molecule has 0 aliphatic heterocycles. The number of halogens is 1. The first kappa shape index (κ1) is 14.8. The average molecular weight is 286 g/mol. The highest BCUT2D eigenvalue weighted by Gasteiger charge is 2.16. The topological polar surface area (TPSA) is 68.3 Å². The van der Waals surface area contributed by atoms with Gasteiger partial charge in [0.25, 0.3) is 0 Å². The number of nitriles is 1. The van der Waals surface area contributed by atoms with Crippen molar-refractivity contribution in [3.63, 3.8) is 0 Å². The van der Waals surface area contributed by atoms with Gasteiger partial charge in [0, 0.05) is 17.7 Å². The van der Waals surface area contributed by atoms with Crippen LogP contribution < -0.4 is 15.2 Å². The summed E-state index contributed by atoms with van der Waals surface area (Å²) < 4.78 is 24.8. The summed E-state index contributed by atoms with van der Waals surface area (Å²) in [5.41, 5.74) is 6.82. The standard InChI is InChI=1S/C16H15FN2O2/c1-10(19)12-4-3-5-13(17)16(12)21-14-7-6-11(9-18)8-15(14)20-2/h3-8,10H,19H2,1-2H3/t10-/m0/s1. The lowest BCUT2D eigenvalue weighted by atomic mass is 10.1. The molecule has 0 aliphatic carbocycles. The number of rotatable bonds is 4. The molecule has 0 saturated carbocycles. The summed E-state index contributed by atoms with van der Waals surface area (Å²) in [6.45, 7) is 1.75. The maximum absolute atomic E-state index is 14.0. The van der Waals surface area contributed by atoms with Gasteiger partial charge >= 0.3 is 0 Å². The number of hydrogen-bond donors (Lipinski definition) is 1. The number of nitrogens with two attached hydrogens (primary N) is 1. The van der Waals surface area contributed by atoms with Crippen LogP contribution in [0.3, 0.4) is 0 Å². The second-order valence-corrected chi connectivity index (χ2v) is 4.53. The van der Waals surface area contributed by atoms with Crippen LogP contribution in [0.15, 0.2) is 36.4 Å². The molecular formula is C16H15FN2O2. The van der Waals surface area contributed by atoms with E-state index in [2.05, 4.69) is 0 Å².